The van der Waals surface area contributed by atoms with E-state index >= 15 is 0 Å². The van der Waals surface area contributed by atoms with Crippen LogP contribution < -0.4 is 5.32 Å². The average molecular weight is 419 g/mol. The topological polar surface area (TPSA) is 80.1 Å². The second-order valence-corrected chi connectivity index (χ2v) is 9.48. The summed E-state index contributed by atoms with van der Waals surface area (Å²) in [6.45, 7) is 9.17. The molecule has 1 aromatic rings. The van der Waals surface area contributed by atoms with Crippen LogP contribution in [0.3, 0.4) is 0 Å². The molecular formula is C22H34N4O4. The van der Waals surface area contributed by atoms with Gasteiger partial charge in [-0.15, -0.1) is 0 Å². The van der Waals surface area contributed by atoms with Crippen LogP contribution in [0.4, 0.5) is 0 Å². The molecule has 166 valence electrons. The predicted molar refractivity (Wildman–Crippen MR) is 110 cm³/mol. The van der Waals surface area contributed by atoms with Gasteiger partial charge in [0.2, 0.25) is 0 Å². The quantitative estimate of drug-likeness (QED) is 0.680. The molecule has 0 radical (unpaired) electrons. The fourth-order valence-electron chi connectivity index (χ4n) is 5.25. The Balaban J connectivity index is 1.17. The third-order valence-corrected chi connectivity index (χ3v) is 7.26. The maximum atomic E-state index is 12.6. The number of morpholine rings is 1. The number of carbonyl (C=O) groups excluding carboxylic acids is 1. The van der Waals surface area contributed by atoms with Crippen molar-refractivity contribution in [2.45, 2.75) is 37.8 Å². The van der Waals surface area contributed by atoms with Gasteiger partial charge in [-0.25, -0.2) is 0 Å². The largest absolute Gasteiger partial charge is 0.379 e. The van der Waals surface area contributed by atoms with Crippen LogP contribution in [0.15, 0.2) is 16.9 Å². The van der Waals surface area contributed by atoms with Gasteiger partial charge in [-0.3, -0.25) is 9.69 Å². The summed E-state index contributed by atoms with van der Waals surface area (Å²) in [5.41, 5.74) is 0.344. The van der Waals surface area contributed by atoms with Crippen LogP contribution in [0.5, 0.6) is 0 Å². The highest BCUT2D eigenvalue weighted by molar-refractivity contribution is 5.92. The molecular weight excluding hydrogens is 384 g/mol. The lowest BCUT2D eigenvalue weighted by Crippen LogP contribution is -2.50. The zero-order chi connectivity index (χ0) is 20.3. The first-order valence-corrected chi connectivity index (χ1v) is 11.6. The molecule has 0 unspecified atom stereocenters. The van der Waals surface area contributed by atoms with E-state index in [0.717, 1.165) is 77.8 Å². The van der Waals surface area contributed by atoms with Crippen molar-refractivity contribution in [1.29, 1.82) is 0 Å². The minimum absolute atomic E-state index is 0.0494. The number of ether oxygens (including phenoxy) is 2. The van der Waals surface area contributed by atoms with Crippen LogP contribution >= 0.6 is 0 Å². The Bertz CT molecular complexity index is 689. The maximum Gasteiger partial charge on any atom is 0.273 e. The normalized spacial score (nSPS) is 32.8. The first-order chi connectivity index (χ1) is 14.7. The van der Waals surface area contributed by atoms with Gasteiger partial charge >= 0.3 is 0 Å². The molecule has 8 heteroatoms. The van der Waals surface area contributed by atoms with Crippen molar-refractivity contribution in [3.8, 4) is 0 Å². The molecule has 0 spiro atoms. The van der Waals surface area contributed by atoms with Gasteiger partial charge < -0.3 is 24.2 Å². The van der Waals surface area contributed by atoms with E-state index in [-0.39, 0.29) is 18.1 Å². The van der Waals surface area contributed by atoms with E-state index < -0.39 is 0 Å². The number of likely N-dealkylation sites (tertiary alicyclic amines) is 1. The van der Waals surface area contributed by atoms with E-state index in [9.17, 15) is 4.79 Å². The lowest BCUT2D eigenvalue weighted by molar-refractivity contribution is -0.0213. The van der Waals surface area contributed by atoms with E-state index in [1.807, 2.05) is 0 Å². The number of aromatic nitrogens is 1. The Morgan fingerprint density at radius 1 is 1.13 bits per heavy atom. The number of hydrogen-bond acceptors (Lipinski definition) is 7. The van der Waals surface area contributed by atoms with Gasteiger partial charge in [0.15, 0.2) is 5.69 Å². The number of nitrogens with one attached hydrogen (secondary N) is 1. The van der Waals surface area contributed by atoms with Gasteiger partial charge in [-0.1, -0.05) is 5.16 Å². The van der Waals surface area contributed by atoms with Gasteiger partial charge in [-0.05, 0) is 43.4 Å². The summed E-state index contributed by atoms with van der Waals surface area (Å²) in [4.78, 5) is 17.7. The molecule has 2 saturated carbocycles. The fraction of sp³-hybridized carbons (Fsp3) is 0.818. The van der Waals surface area contributed by atoms with Crippen LogP contribution in [0.2, 0.25) is 0 Å². The second kappa shape index (κ2) is 9.34. The molecule has 4 aliphatic rings. The Morgan fingerprint density at radius 3 is 2.63 bits per heavy atom. The highest BCUT2D eigenvalue weighted by atomic mass is 16.5. The predicted octanol–water partition coefficient (Wildman–Crippen LogP) is 1.24. The number of hydrogen-bond donors (Lipinski definition) is 1. The van der Waals surface area contributed by atoms with Crippen molar-refractivity contribution in [2.75, 3.05) is 59.1 Å². The molecule has 2 aliphatic carbocycles. The first-order valence-electron chi connectivity index (χ1n) is 11.6. The first kappa shape index (κ1) is 20.4. The van der Waals surface area contributed by atoms with Crippen LogP contribution in [0.1, 0.15) is 36.2 Å². The summed E-state index contributed by atoms with van der Waals surface area (Å²) in [5, 5.41) is 6.99. The van der Waals surface area contributed by atoms with Crippen LogP contribution in [0, 0.1) is 17.8 Å². The van der Waals surface area contributed by atoms with Crippen LogP contribution in [-0.2, 0) is 9.47 Å². The monoisotopic (exact) mass is 418 g/mol. The molecule has 2 aliphatic heterocycles. The zero-order valence-corrected chi connectivity index (χ0v) is 17.7. The van der Waals surface area contributed by atoms with Gasteiger partial charge in [0.25, 0.3) is 5.91 Å². The van der Waals surface area contributed by atoms with E-state index in [1.165, 1.54) is 19.1 Å². The molecule has 4 atom stereocenters. The van der Waals surface area contributed by atoms with Crippen LogP contribution in [-0.4, -0.2) is 92.1 Å². The lowest BCUT2D eigenvalue weighted by Gasteiger charge is -2.38. The Labute approximate surface area is 178 Å². The minimum Gasteiger partial charge on any atom is -0.379 e. The number of nitrogens with zero attached hydrogens (tertiary/aromatic N) is 3. The van der Waals surface area contributed by atoms with Gasteiger partial charge in [0.05, 0.1) is 25.4 Å². The van der Waals surface area contributed by atoms with E-state index in [4.69, 9.17) is 14.0 Å². The van der Waals surface area contributed by atoms with E-state index in [2.05, 4.69) is 20.3 Å². The van der Waals surface area contributed by atoms with Crippen molar-refractivity contribution in [3.63, 3.8) is 0 Å². The molecule has 1 aromatic heterocycles. The van der Waals surface area contributed by atoms with Gasteiger partial charge in [-0.2, -0.15) is 0 Å². The molecule has 5 rings (SSSR count). The Morgan fingerprint density at radius 2 is 1.90 bits per heavy atom. The minimum atomic E-state index is -0.158. The second-order valence-electron chi connectivity index (χ2n) is 9.48. The maximum absolute atomic E-state index is 12.6. The van der Waals surface area contributed by atoms with Crippen LogP contribution in [0.25, 0.3) is 0 Å². The summed E-state index contributed by atoms with van der Waals surface area (Å²) in [6, 6.07) is 1.66. The Kier molecular flexibility index (Phi) is 6.36. The highest BCUT2D eigenvalue weighted by Gasteiger charge is 2.43. The third kappa shape index (κ3) is 5.04. The van der Waals surface area contributed by atoms with Crippen molar-refractivity contribution in [2.24, 2.45) is 17.8 Å². The SMILES string of the molecule is O=C(N[C@H]1C[C@H]2CN(CCN3CCOCC3)C[C@H]2C[C@@H]1OCC1CC1)c1ccon1. The fourth-order valence-corrected chi connectivity index (χ4v) is 5.25. The number of rotatable bonds is 8. The molecule has 30 heavy (non-hydrogen) atoms. The zero-order valence-electron chi connectivity index (χ0n) is 17.7. The summed E-state index contributed by atoms with van der Waals surface area (Å²) in [5.74, 6) is 1.86. The Hall–Kier alpha value is -1.48. The average Bonchev–Trinajstić information content (AvgIpc) is 3.26. The molecule has 1 N–H and O–H groups in total. The molecule has 1 amide bonds. The summed E-state index contributed by atoms with van der Waals surface area (Å²) >= 11 is 0. The third-order valence-electron chi connectivity index (χ3n) is 7.26. The lowest BCUT2D eigenvalue weighted by atomic mass is 9.77. The molecule has 4 fully saturated rings. The molecule has 8 nitrogen and oxygen atoms in total. The van der Waals surface area contributed by atoms with Crippen molar-refractivity contribution < 1.29 is 18.8 Å². The molecule has 0 aromatic carbocycles. The number of amides is 1. The van der Waals surface area contributed by atoms with Crippen molar-refractivity contribution in [1.82, 2.24) is 20.3 Å². The molecule has 3 heterocycles. The summed E-state index contributed by atoms with van der Waals surface area (Å²) < 4.78 is 16.6. The number of carbonyl (C=O) groups is 1. The standard InChI is InChI=1S/C22H34N4O4/c27-22(19-3-8-30-24-19)23-20-11-17-13-26(5-4-25-6-9-28-10-7-25)14-18(17)12-21(20)29-15-16-1-2-16/h3,8,16-18,20-21H,1-2,4-7,9-15H2,(H,23,27)/t17-,18+,20-,21-/m0/s1. The van der Waals surface area contributed by atoms with E-state index in [1.54, 1.807) is 6.07 Å². The van der Waals surface area contributed by atoms with Gasteiger partial charge in [0, 0.05) is 51.9 Å². The van der Waals surface area contributed by atoms with E-state index in [0.29, 0.717) is 17.5 Å². The summed E-state index contributed by atoms with van der Waals surface area (Å²) in [7, 11) is 0. The van der Waals surface area contributed by atoms with Crippen molar-refractivity contribution in [3.05, 3.63) is 18.0 Å². The number of fused-ring (bicyclic) bond motifs is 1. The van der Waals surface area contributed by atoms with Crippen molar-refractivity contribution >= 4 is 5.91 Å². The molecule has 0 bridgehead atoms. The van der Waals surface area contributed by atoms with Gasteiger partial charge in [0.1, 0.15) is 6.26 Å². The summed E-state index contributed by atoms with van der Waals surface area (Å²) in [6.07, 6.45) is 6.12. The highest BCUT2D eigenvalue weighted by Crippen LogP contribution is 2.39. The molecule has 2 saturated heterocycles. The smallest absolute Gasteiger partial charge is 0.273 e.